The summed E-state index contributed by atoms with van der Waals surface area (Å²) in [7, 11) is 0. The average Bonchev–Trinajstić information content (AvgIpc) is 1.81. The molecule has 0 spiro atoms. The molecule has 60 nitrogen and oxygen atoms in total. The zero-order valence-corrected chi connectivity index (χ0v) is 66.8. The fourth-order valence-electron chi connectivity index (χ4n) is 5.20. The van der Waals surface area contributed by atoms with Gasteiger partial charge in [-0.1, -0.05) is 0 Å². The number of nitrogens with zero attached hydrogens (tertiary/aromatic N) is 3. The molecule has 0 aromatic carbocycles. The van der Waals surface area contributed by atoms with Gasteiger partial charge >= 0.3 is 48.6 Å². The lowest BCUT2D eigenvalue weighted by Crippen LogP contribution is -2.56. The number of quaternary nitrogens is 5. The van der Waals surface area contributed by atoms with Gasteiger partial charge in [0.05, 0.1) is 59.0 Å². The molecule has 0 aliphatic carbocycles. The number of carboxylic acids is 1. The molecule has 0 aromatic rings. The number of hydrogen-bond donors (Lipinski definition) is 31. The third kappa shape index (κ3) is 154. The third-order valence-corrected chi connectivity index (χ3v) is 10.0. The SMILES string of the molecule is NCCN1CCNC1=O.NCCN1CCOC1=O.NCCNC(=O)NCCN.NCCNC(=O)OCCN.NCCNC(=O)[O-].NCCOC(=O)OCCN.NCC[NH3+].NCC[NH3+].NCC[NH3+].NCC[NH3+].O=C([O-])CCCNC(=O)[O-].O=C([O-])O.O=C([O-])[O-].O=C1NCCN1.O=C1NCCN1CCO.O=C1NCCO1.[NH3+]CCNC(=O)[O-]. The molecular formula is C57H140N32O28-2. The van der Waals surface area contributed by atoms with Crippen LogP contribution in [-0.2, 0) is 28.5 Å². The van der Waals surface area contributed by atoms with E-state index in [4.69, 9.17) is 110 Å². The number of rotatable bonds is 30. The molecule has 5 heterocycles. The van der Waals surface area contributed by atoms with E-state index >= 15 is 0 Å². The fourth-order valence-corrected chi connectivity index (χ4v) is 5.20. The first-order valence-corrected chi connectivity index (χ1v) is 35.7. The van der Waals surface area contributed by atoms with Crippen LogP contribution in [0.2, 0.25) is 0 Å². The number of aliphatic hydroxyl groups is 1. The lowest BCUT2D eigenvalue weighted by atomic mass is 10.3. The van der Waals surface area contributed by atoms with Crippen LogP contribution in [-0.4, -0.2) is 379 Å². The van der Waals surface area contributed by atoms with Crippen LogP contribution in [0.4, 0.5) is 62.3 Å². The highest BCUT2D eigenvalue weighted by Gasteiger charge is 2.20. The van der Waals surface area contributed by atoms with Gasteiger partial charge in [-0.05, 0) is 19.0 Å². The molecule has 5 saturated heterocycles. The third-order valence-electron chi connectivity index (χ3n) is 10.0. The summed E-state index contributed by atoms with van der Waals surface area (Å²) in [6.07, 6.45) is -9.92. The molecule has 5 fully saturated rings. The number of amides is 14. The summed E-state index contributed by atoms with van der Waals surface area (Å²) in [5, 5.41) is 105. The first-order valence-electron chi connectivity index (χ1n) is 35.7. The van der Waals surface area contributed by atoms with Crippen LogP contribution in [0.15, 0.2) is 0 Å². The Bertz CT molecular complexity index is 2060. The van der Waals surface area contributed by atoms with E-state index in [-0.39, 0.29) is 88.7 Å². The minimum absolute atomic E-state index is 0.0143. The predicted octanol–water partition coefficient (Wildman–Crippen LogP) is -26.0. The quantitative estimate of drug-likeness (QED) is 0.0180. The second-order valence-corrected chi connectivity index (χ2v) is 19.9. The van der Waals surface area contributed by atoms with Crippen LogP contribution >= 0.6 is 0 Å². The van der Waals surface area contributed by atoms with Crippen LogP contribution in [0, 0.1) is 0 Å². The van der Waals surface area contributed by atoms with Gasteiger partial charge in [0.1, 0.15) is 51.3 Å². The van der Waals surface area contributed by atoms with E-state index in [2.05, 4.69) is 94.9 Å². The largest absolute Gasteiger partial charge is 0.652 e. The maximum absolute atomic E-state index is 10.7. The number of hydrogen-bond acceptors (Lipinski definition) is 40. The van der Waals surface area contributed by atoms with Gasteiger partial charge in [-0.15, -0.1) is 0 Å². The second kappa shape index (κ2) is 116. The molecule has 5 aliphatic heterocycles. The van der Waals surface area contributed by atoms with Crippen molar-refractivity contribution in [3.8, 4) is 0 Å². The monoisotopic (exact) mass is 1720 g/mol. The number of cyclic esters (lactones) is 2. The number of β-amino-alcohol motifs (C(OH)–C–C–N with tert-alkyl or cyclic N) is 1. The highest BCUT2D eigenvalue weighted by molar-refractivity contribution is 5.77. The van der Waals surface area contributed by atoms with Gasteiger partial charge in [0, 0.05) is 183 Å². The number of carbonyl (C=O) groups excluding carboxylic acids is 13. The molecule has 0 atom stereocenters. The van der Waals surface area contributed by atoms with Crippen molar-refractivity contribution >= 4 is 85.1 Å². The van der Waals surface area contributed by atoms with Gasteiger partial charge in [0.25, 0.3) is 0 Å². The molecule has 60 heteroatoms. The topological polar surface area (TPSA) is 1110 Å². The standard InChI is InChI=1S/C5H14N4O.C5H13N3O2.C5H11N3O.C5H12N2O3.2C5H10N2O2.C5H9NO4.2C3H8N2O2.C3H6N2O.C3H5NO2.4C2H8N2.2CH2O3/c6-1-3-8-5(10)9-4-2-7;6-1-3-8-5(9)10-4-2-7;6-1-3-8-4-2-7-5(8)9;6-1-3-9-5(8)10-4-2-7;6-1-2-7-3-4-9-5(7)8;8-4-3-7-2-1-6-5(7)9;7-4(8)2-1-3-6-5(9)10;2*4-1-2-5-3(6)7;6-3-4-1-2-5-3;5-3-4-1-2-6-3;4*3-1-2-4;2*2-1(3)4/h1-4,6-7H2,(H2,8,9,10);1-4,6-7H2,(H,8,9);1-4,6H2,(H,7,9);1-4,6-7H2;1-4,6H2;8H,1-4H2,(H,6,9);6H,1-3H2,(H,7,8)(H,9,10);2*5H,1-2,4H2,(H,6,7);1-2H2,(H2,4,5,6);1-2H2,(H,4,5);4*1-4H2;2*(H2,2,3,4)/p-2. The van der Waals surface area contributed by atoms with E-state index < -0.39 is 48.8 Å². The zero-order valence-electron chi connectivity index (χ0n) is 66.8. The van der Waals surface area contributed by atoms with Gasteiger partial charge in [-0.2, -0.15) is 0 Å². The summed E-state index contributed by atoms with van der Waals surface area (Å²) in [5.74, 6) is -1.18. The number of nitrogens with two attached hydrogens (primary N) is 13. The van der Waals surface area contributed by atoms with Crippen LogP contribution in [0.25, 0.3) is 0 Å². The number of ether oxygens (including phenoxy) is 5. The second-order valence-electron chi connectivity index (χ2n) is 19.9. The molecular weight excluding hydrogens is 1580 g/mol. The van der Waals surface area contributed by atoms with E-state index in [0.29, 0.717) is 170 Å². The fraction of sp³-hybridized carbons (Fsp3) is 0.754. The molecule has 54 N–H and O–H groups in total. The van der Waals surface area contributed by atoms with Crippen LogP contribution in [0.1, 0.15) is 12.8 Å². The van der Waals surface area contributed by atoms with Crippen molar-refractivity contribution < 1.29 is 165 Å². The summed E-state index contributed by atoms with van der Waals surface area (Å²) in [4.78, 5) is 144. The molecule has 5 aliphatic rings. The Labute approximate surface area is 678 Å². The minimum atomic E-state index is -2.33. The van der Waals surface area contributed by atoms with E-state index in [1.54, 1.807) is 14.7 Å². The van der Waals surface area contributed by atoms with Crippen molar-refractivity contribution in [1.82, 2.24) is 73.2 Å². The molecule has 117 heavy (non-hydrogen) atoms. The Morgan fingerprint density at radius 2 is 0.769 bits per heavy atom. The summed E-state index contributed by atoms with van der Waals surface area (Å²) < 4.78 is 22.5. The molecule has 0 saturated carbocycles. The van der Waals surface area contributed by atoms with Gasteiger partial charge < -0.3 is 275 Å². The summed E-state index contributed by atoms with van der Waals surface area (Å²) in [6.45, 7) is 21.9. The number of aliphatic hydroxyl groups excluding tert-OH is 1. The number of nitrogens with one attached hydrogen (secondary N) is 11. The van der Waals surface area contributed by atoms with Crippen LogP contribution in [0.5, 0.6) is 0 Å². The van der Waals surface area contributed by atoms with Gasteiger partial charge in [0.2, 0.25) is 6.16 Å². The van der Waals surface area contributed by atoms with Crippen molar-refractivity contribution in [2.24, 2.45) is 74.5 Å². The molecule has 698 valence electrons. The number of alkyl carbamates (subject to hydrolysis) is 2. The van der Waals surface area contributed by atoms with Gasteiger partial charge in [-0.25, -0.2) is 38.4 Å². The van der Waals surface area contributed by atoms with Crippen LogP contribution < -0.4 is 197 Å². The summed E-state index contributed by atoms with van der Waals surface area (Å²) in [6, 6.07) is -0.310. The maximum Gasteiger partial charge on any atom is 0.508 e. The normalized spacial score (nSPS) is 11.7. The van der Waals surface area contributed by atoms with Crippen molar-refractivity contribution in [2.45, 2.75) is 12.8 Å². The van der Waals surface area contributed by atoms with E-state index in [0.717, 1.165) is 58.9 Å². The lowest BCUT2D eigenvalue weighted by molar-refractivity contribution is -0.415. The molecule has 0 unspecified atom stereocenters. The number of urea groups is 4. The van der Waals surface area contributed by atoms with E-state index in [1.165, 1.54) is 0 Å². The Hall–Kier alpha value is -10.8. The first-order chi connectivity index (χ1) is 55.5. The van der Waals surface area contributed by atoms with Crippen molar-refractivity contribution in [2.75, 3.05) is 269 Å². The molecule has 0 radical (unpaired) electrons. The highest BCUT2D eigenvalue weighted by Crippen LogP contribution is 2.00. The Morgan fingerprint density at radius 3 is 1.02 bits per heavy atom. The van der Waals surface area contributed by atoms with Crippen molar-refractivity contribution in [3.63, 3.8) is 0 Å². The summed E-state index contributed by atoms with van der Waals surface area (Å²) in [5.41, 5.74) is 83.1. The Morgan fingerprint density at radius 1 is 0.410 bits per heavy atom. The Kier molecular flexibility index (Phi) is 131. The van der Waals surface area contributed by atoms with Crippen LogP contribution in [0.3, 0.4) is 0 Å². The number of aliphatic carboxylic acids is 1. The van der Waals surface area contributed by atoms with Crippen molar-refractivity contribution in [1.29, 1.82) is 0 Å². The first kappa shape index (κ1) is 132. The van der Waals surface area contributed by atoms with Gasteiger partial charge in [-0.3, -0.25) is 0 Å². The van der Waals surface area contributed by atoms with Crippen molar-refractivity contribution in [3.05, 3.63) is 0 Å². The maximum atomic E-state index is 10.7. The molecule has 0 bridgehead atoms. The zero-order chi connectivity index (χ0) is 92.5. The number of carbonyl (C=O) groups is 14. The smallest absolute Gasteiger partial charge is 0.508 e. The summed E-state index contributed by atoms with van der Waals surface area (Å²) >= 11 is 0. The highest BCUT2D eigenvalue weighted by atomic mass is 16.7. The Balaban J connectivity index is -0.000000101. The molecule has 5 rings (SSSR count). The predicted molar refractivity (Wildman–Crippen MR) is 403 cm³/mol. The number of carboxylic acid groups (broad SMARTS) is 8. The lowest BCUT2D eigenvalue weighted by Gasteiger charge is -2.10. The molecule has 0 aromatic heterocycles. The minimum Gasteiger partial charge on any atom is -0.652 e. The average molecular weight is 1720 g/mol. The van der Waals surface area contributed by atoms with Gasteiger partial charge in [0.15, 0.2) is 0 Å². The van der Waals surface area contributed by atoms with E-state index in [9.17, 15) is 78.0 Å². The molecule has 14 amide bonds. The van der Waals surface area contributed by atoms with E-state index in [1.807, 2.05) is 16.0 Å².